The van der Waals surface area contributed by atoms with Crippen molar-refractivity contribution in [2.75, 3.05) is 0 Å². The van der Waals surface area contributed by atoms with Crippen molar-refractivity contribution >= 4 is 16.3 Å². The first-order valence-corrected chi connectivity index (χ1v) is 7.87. The van der Waals surface area contributed by atoms with E-state index >= 15 is 0 Å². The minimum atomic E-state index is -4.44. The third kappa shape index (κ3) is 3.40. The average Bonchev–Trinajstić information content (AvgIpc) is 2.96. The fourth-order valence-electron chi connectivity index (χ4n) is 2.03. The molecule has 1 aromatic carbocycles. The van der Waals surface area contributed by atoms with Gasteiger partial charge in [-0.1, -0.05) is 24.3 Å². The first-order chi connectivity index (χ1) is 11.4. The van der Waals surface area contributed by atoms with Gasteiger partial charge in [0.1, 0.15) is 17.4 Å². The summed E-state index contributed by atoms with van der Waals surface area (Å²) in [6.45, 7) is 1.81. The van der Waals surface area contributed by atoms with Crippen molar-refractivity contribution < 1.29 is 17.9 Å². The van der Waals surface area contributed by atoms with Crippen LogP contribution in [0.15, 0.2) is 35.1 Å². The van der Waals surface area contributed by atoms with E-state index in [1.54, 1.807) is 0 Å². The predicted octanol–water partition coefficient (Wildman–Crippen LogP) is 3.31. The van der Waals surface area contributed by atoms with Crippen molar-refractivity contribution in [3.05, 3.63) is 57.0 Å². The highest BCUT2D eigenvalue weighted by Crippen LogP contribution is 2.31. The van der Waals surface area contributed by atoms with Crippen molar-refractivity contribution in [2.45, 2.75) is 26.1 Å². The monoisotopic (exact) mass is 355 g/mol. The molecular weight excluding hydrogens is 343 g/mol. The molecule has 0 fully saturated rings. The molecule has 0 saturated carbocycles. The predicted molar refractivity (Wildman–Crippen MR) is 82.3 cm³/mol. The number of nitrogens with zero attached hydrogens (tertiary/aromatic N) is 3. The molecule has 0 atom stereocenters. The molecule has 3 aromatic rings. The van der Waals surface area contributed by atoms with E-state index in [9.17, 15) is 18.0 Å². The Balaban J connectivity index is 1.82. The minimum absolute atomic E-state index is 0.0605. The molecule has 0 spiro atoms. The van der Waals surface area contributed by atoms with Crippen LogP contribution >= 0.6 is 11.3 Å². The number of aromatic nitrogens is 3. The second kappa shape index (κ2) is 6.23. The van der Waals surface area contributed by atoms with E-state index in [1.165, 1.54) is 34.1 Å². The molecule has 0 radical (unpaired) electrons. The molecule has 0 N–H and O–H groups in total. The van der Waals surface area contributed by atoms with Crippen LogP contribution in [-0.4, -0.2) is 14.6 Å². The molecule has 0 saturated heterocycles. The number of halogens is 3. The number of alkyl halides is 3. The summed E-state index contributed by atoms with van der Waals surface area (Å²) in [4.78, 5) is 16.7. The summed E-state index contributed by atoms with van der Waals surface area (Å²) in [5.41, 5.74) is -0.805. The molecule has 0 amide bonds. The van der Waals surface area contributed by atoms with Crippen LogP contribution in [0.3, 0.4) is 0 Å². The Hall–Kier alpha value is -2.42. The zero-order valence-corrected chi connectivity index (χ0v) is 13.3. The highest BCUT2D eigenvalue weighted by Gasteiger charge is 2.30. The number of rotatable bonds is 4. The van der Waals surface area contributed by atoms with Gasteiger partial charge in [-0.3, -0.25) is 4.79 Å². The molecule has 3 rings (SSSR count). The normalized spacial score (nSPS) is 11.8. The second-order valence-corrected chi connectivity index (χ2v) is 5.98. The Kier molecular flexibility index (Phi) is 4.27. The first kappa shape index (κ1) is 16.4. The molecule has 0 aliphatic rings. The number of aryl methyl sites for hydroxylation is 1. The van der Waals surface area contributed by atoms with E-state index in [2.05, 4.69) is 10.1 Å². The van der Waals surface area contributed by atoms with E-state index in [1.807, 2.05) is 6.92 Å². The summed E-state index contributed by atoms with van der Waals surface area (Å²) in [6, 6.07) is 5.82. The van der Waals surface area contributed by atoms with Gasteiger partial charge < -0.3 is 4.74 Å². The Labute approximate surface area is 138 Å². The Morgan fingerprint density at radius 2 is 2.08 bits per heavy atom. The lowest BCUT2D eigenvalue weighted by Crippen LogP contribution is -2.16. The van der Waals surface area contributed by atoms with Crippen LogP contribution in [0.4, 0.5) is 13.2 Å². The maximum Gasteiger partial charge on any atom is 0.416 e. The third-order valence-electron chi connectivity index (χ3n) is 3.19. The Morgan fingerprint density at radius 1 is 1.29 bits per heavy atom. The quantitative estimate of drug-likeness (QED) is 0.720. The summed E-state index contributed by atoms with van der Waals surface area (Å²) >= 11 is 1.29. The third-order valence-corrected chi connectivity index (χ3v) is 4.24. The molecule has 0 bridgehead atoms. The SMILES string of the molecule is CCc1nn2c(=O)cc(COc3cccc(C(F)(F)F)c3)nc2s1. The summed E-state index contributed by atoms with van der Waals surface area (Å²) in [5, 5.41) is 4.90. The van der Waals surface area contributed by atoms with Crippen LogP contribution in [0.25, 0.3) is 4.96 Å². The Morgan fingerprint density at radius 3 is 2.79 bits per heavy atom. The Bertz CT molecular complexity index is 934. The molecule has 9 heteroatoms. The van der Waals surface area contributed by atoms with Crippen molar-refractivity contribution in [2.24, 2.45) is 0 Å². The minimum Gasteiger partial charge on any atom is -0.487 e. The molecule has 2 aromatic heterocycles. The van der Waals surface area contributed by atoms with Gasteiger partial charge in [0.05, 0.1) is 11.3 Å². The number of hydrogen-bond donors (Lipinski definition) is 0. The topological polar surface area (TPSA) is 56.5 Å². The summed E-state index contributed by atoms with van der Waals surface area (Å²) in [5.74, 6) is 0.0605. The number of ether oxygens (including phenoxy) is 1. The van der Waals surface area contributed by atoms with Gasteiger partial charge in [-0.05, 0) is 24.6 Å². The average molecular weight is 355 g/mol. The summed E-state index contributed by atoms with van der Waals surface area (Å²) < 4.78 is 44.6. The molecule has 0 unspecified atom stereocenters. The number of hydrogen-bond acceptors (Lipinski definition) is 5. The molecule has 5 nitrogen and oxygen atoms in total. The fourth-order valence-corrected chi connectivity index (χ4v) is 2.89. The molecular formula is C15H12F3N3O2S. The number of fused-ring (bicyclic) bond motifs is 1. The number of benzene rings is 1. The lowest BCUT2D eigenvalue weighted by Gasteiger charge is -2.09. The zero-order valence-electron chi connectivity index (χ0n) is 12.5. The largest absolute Gasteiger partial charge is 0.487 e. The van der Waals surface area contributed by atoms with E-state index in [0.717, 1.165) is 17.1 Å². The molecule has 0 aliphatic carbocycles. The summed E-state index contributed by atoms with van der Waals surface area (Å²) in [6.07, 6.45) is -3.75. The van der Waals surface area contributed by atoms with Crippen LogP contribution in [0.2, 0.25) is 0 Å². The first-order valence-electron chi connectivity index (χ1n) is 7.05. The molecule has 2 heterocycles. The van der Waals surface area contributed by atoms with Crippen LogP contribution in [0.1, 0.15) is 23.2 Å². The molecule has 24 heavy (non-hydrogen) atoms. The van der Waals surface area contributed by atoms with E-state index in [-0.39, 0.29) is 17.9 Å². The van der Waals surface area contributed by atoms with Crippen LogP contribution < -0.4 is 10.3 Å². The van der Waals surface area contributed by atoms with Gasteiger partial charge in [0, 0.05) is 6.07 Å². The van der Waals surface area contributed by atoms with E-state index in [0.29, 0.717) is 17.1 Å². The van der Waals surface area contributed by atoms with Crippen LogP contribution in [0, 0.1) is 0 Å². The van der Waals surface area contributed by atoms with Crippen LogP contribution in [0.5, 0.6) is 5.75 Å². The maximum atomic E-state index is 12.7. The van der Waals surface area contributed by atoms with Crippen molar-refractivity contribution in [1.29, 1.82) is 0 Å². The summed E-state index contributed by atoms with van der Waals surface area (Å²) in [7, 11) is 0. The van der Waals surface area contributed by atoms with Crippen molar-refractivity contribution in [3.8, 4) is 5.75 Å². The van der Waals surface area contributed by atoms with Gasteiger partial charge in [-0.25, -0.2) is 4.98 Å². The lowest BCUT2D eigenvalue weighted by molar-refractivity contribution is -0.137. The van der Waals surface area contributed by atoms with Gasteiger partial charge in [-0.2, -0.15) is 22.8 Å². The standard InChI is InChI=1S/C15H12F3N3O2S/c1-2-12-20-21-13(22)7-10(19-14(21)24-12)8-23-11-5-3-4-9(6-11)15(16,17)18/h3-7H,2,8H2,1H3. The maximum absolute atomic E-state index is 12.7. The lowest BCUT2D eigenvalue weighted by atomic mass is 10.2. The van der Waals surface area contributed by atoms with Crippen molar-refractivity contribution in [1.82, 2.24) is 14.6 Å². The van der Waals surface area contributed by atoms with Crippen LogP contribution in [-0.2, 0) is 19.2 Å². The molecule has 0 aliphatic heterocycles. The second-order valence-electron chi connectivity index (χ2n) is 4.94. The fraction of sp³-hybridized carbons (Fsp3) is 0.267. The van der Waals surface area contributed by atoms with Gasteiger partial charge >= 0.3 is 6.18 Å². The highest BCUT2D eigenvalue weighted by molar-refractivity contribution is 7.16. The van der Waals surface area contributed by atoms with E-state index in [4.69, 9.17) is 4.74 Å². The van der Waals surface area contributed by atoms with Gasteiger partial charge in [0.25, 0.3) is 5.56 Å². The van der Waals surface area contributed by atoms with Crippen molar-refractivity contribution in [3.63, 3.8) is 0 Å². The van der Waals surface area contributed by atoms with Gasteiger partial charge in [-0.15, -0.1) is 0 Å². The highest BCUT2D eigenvalue weighted by atomic mass is 32.1. The zero-order chi connectivity index (χ0) is 17.3. The molecule has 126 valence electrons. The smallest absolute Gasteiger partial charge is 0.416 e. The van der Waals surface area contributed by atoms with E-state index < -0.39 is 11.7 Å². The van der Waals surface area contributed by atoms with Gasteiger partial charge in [0.2, 0.25) is 4.96 Å². The van der Waals surface area contributed by atoms with Gasteiger partial charge in [0.15, 0.2) is 0 Å².